The summed E-state index contributed by atoms with van der Waals surface area (Å²) < 4.78 is 9.28. The van der Waals surface area contributed by atoms with E-state index >= 15 is 0 Å². The molecule has 64 valence electrons. The standard InChI is InChI=1S/C7H7NO4/c1-2-6(10)12-7-8-3-5(4-9)11-7/h2,4-5H,1,3H2. The van der Waals surface area contributed by atoms with Crippen molar-refractivity contribution in [2.24, 2.45) is 4.99 Å². The Hall–Kier alpha value is -1.65. The topological polar surface area (TPSA) is 65.0 Å². The fourth-order valence-corrected chi connectivity index (χ4v) is 0.623. The number of nitrogens with zero attached hydrogens (tertiary/aromatic N) is 1. The molecule has 1 aliphatic rings. The van der Waals surface area contributed by atoms with E-state index in [2.05, 4.69) is 16.3 Å². The van der Waals surface area contributed by atoms with Crippen LogP contribution in [-0.4, -0.2) is 31.0 Å². The fraction of sp³-hybridized carbons (Fsp3) is 0.286. The Bertz CT molecular complexity index is 246. The highest BCUT2D eigenvalue weighted by Crippen LogP contribution is 2.03. The van der Waals surface area contributed by atoms with Crippen LogP contribution in [0.15, 0.2) is 17.6 Å². The predicted octanol–water partition coefficient (Wildman–Crippen LogP) is -0.331. The van der Waals surface area contributed by atoms with Crippen molar-refractivity contribution in [3.63, 3.8) is 0 Å². The summed E-state index contributed by atoms with van der Waals surface area (Å²) in [4.78, 5) is 24.4. The number of aliphatic imine (C=N–C) groups is 1. The van der Waals surface area contributed by atoms with Gasteiger partial charge in [0.1, 0.15) is 0 Å². The average Bonchev–Trinajstić information content (AvgIpc) is 2.52. The first-order valence-electron chi connectivity index (χ1n) is 3.27. The van der Waals surface area contributed by atoms with Crippen molar-refractivity contribution in [3.05, 3.63) is 12.7 Å². The van der Waals surface area contributed by atoms with Crippen molar-refractivity contribution >= 4 is 18.3 Å². The Morgan fingerprint density at radius 1 is 1.83 bits per heavy atom. The number of ether oxygens (including phenoxy) is 2. The van der Waals surface area contributed by atoms with Crippen molar-refractivity contribution in [2.75, 3.05) is 6.54 Å². The van der Waals surface area contributed by atoms with Crippen molar-refractivity contribution in [1.82, 2.24) is 0 Å². The zero-order valence-corrected chi connectivity index (χ0v) is 6.23. The molecule has 0 spiro atoms. The van der Waals surface area contributed by atoms with Crippen LogP contribution >= 0.6 is 0 Å². The number of carbonyl (C=O) groups excluding carboxylic acids is 2. The minimum atomic E-state index is -0.653. The predicted molar refractivity (Wildman–Crippen MR) is 39.5 cm³/mol. The quantitative estimate of drug-likeness (QED) is 0.322. The highest BCUT2D eigenvalue weighted by atomic mass is 16.7. The van der Waals surface area contributed by atoms with Crippen molar-refractivity contribution < 1.29 is 19.1 Å². The highest BCUT2D eigenvalue weighted by Gasteiger charge is 2.21. The number of carbonyl (C=O) groups is 2. The van der Waals surface area contributed by atoms with Gasteiger partial charge in [0, 0.05) is 6.08 Å². The van der Waals surface area contributed by atoms with Crippen molar-refractivity contribution in [2.45, 2.75) is 6.10 Å². The van der Waals surface area contributed by atoms with Gasteiger partial charge in [-0.3, -0.25) is 4.79 Å². The molecule has 0 radical (unpaired) electrons. The first kappa shape index (κ1) is 8.45. The molecule has 0 amide bonds. The summed E-state index contributed by atoms with van der Waals surface area (Å²) in [5.41, 5.74) is 0. The lowest BCUT2D eigenvalue weighted by Crippen LogP contribution is -2.17. The molecule has 0 aromatic carbocycles. The van der Waals surface area contributed by atoms with E-state index in [1.807, 2.05) is 0 Å². The van der Waals surface area contributed by atoms with Gasteiger partial charge in [-0.25, -0.2) is 9.79 Å². The van der Waals surface area contributed by atoms with Gasteiger partial charge in [0.15, 0.2) is 12.4 Å². The van der Waals surface area contributed by atoms with Crippen LogP contribution in [0.4, 0.5) is 0 Å². The van der Waals surface area contributed by atoms with E-state index < -0.39 is 12.1 Å². The molecule has 0 aliphatic carbocycles. The van der Waals surface area contributed by atoms with Gasteiger partial charge in [0.25, 0.3) is 0 Å². The zero-order valence-electron chi connectivity index (χ0n) is 6.23. The van der Waals surface area contributed by atoms with Gasteiger partial charge in [-0.2, -0.15) is 0 Å². The molecule has 1 unspecified atom stereocenters. The molecule has 5 nitrogen and oxygen atoms in total. The summed E-state index contributed by atoms with van der Waals surface area (Å²) in [6.07, 6.45) is 0.785. The Morgan fingerprint density at radius 3 is 3.08 bits per heavy atom. The molecule has 1 rings (SSSR count). The molecule has 5 heteroatoms. The molecule has 0 fully saturated rings. The first-order valence-corrected chi connectivity index (χ1v) is 3.27. The van der Waals surface area contributed by atoms with Crippen LogP contribution in [-0.2, 0) is 19.1 Å². The average molecular weight is 169 g/mol. The minimum absolute atomic E-state index is 0.169. The minimum Gasteiger partial charge on any atom is -0.437 e. The van der Waals surface area contributed by atoms with E-state index in [0.29, 0.717) is 6.29 Å². The molecule has 0 N–H and O–H groups in total. The van der Waals surface area contributed by atoms with E-state index in [4.69, 9.17) is 4.74 Å². The normalized spacial score (nSPS) is 20.7. The van der Waals surface area contributed by atoms with Gasteiger partial charge < -0.3 is 9.47 Å². The molecule has 0 saturated carbocycles. The maximum atomic E-state index is 10.6. The lowest BCUT2D eigenvalue weighted by atomic mass is 10.4. The summed E-state index contributed by atoms with van der Waals surface area (Å²) in [6.45, 7) is 3.38. The Labute approximate surface area is 68.7 Å². The molecule has 0 bridgehead atoms. The fourth-order valence-electron chi connectivity index (χ4n) is 0.623. The molecule has 1 atom stereocenters. The number of aldehydes is 1. The van der Waals surface area contributed by atoms with Gasteiger partial charge in [0.05, 0.1) is 6.54 Å². The third-order valence-corrected chi connectivity index (χ3v) is 1.16. The van der Waals surface area contributed by atoms with E-state index in [9.17, 15) is 9.59 Å². The Balaban J connectivity index is 2.41. The third kappa shape index (κ3) is 1.91. The van der Waals surface area contributed by atoms with Crippen molar-refractivity contribution in [3.8, 4) is 0 Å². The van der Waals surface area contributed by atoms with E-state index in [1.165, 1.54) is 0 Å². The van der Waals surface area contributed by atoms with Gasteiger partial charge in [-0.05, 0) is 0 Å². The van der Waals surface area contributed by atoms with Crippen LogP contribution in [0.25, 0.3) is 0 Å². The monoisotopic (exact) mass is 169 g/mol. The van der Waals surface area contributed by atoms with Crippen LogP contribution < -0.4 is 0 Å². The first-order chi connectivity index (χ1) is 5.76. The second kappa shape index (κ2) is 3.66. The number of hydrogen-bond acceptors (Lipinski definition) is 5. The van der Waals surface area contributed by atoms with E-state index in [-0.39, 0.29) is 12.6 Å². The lowest BCUT2D eigenvalue weighted by Gasteiger charge is -2.01. The molecule has 0 aromatic heterocycles. The maximum absolute atomic E-state index is 10.6. The van der Waals surface area contributed by atoms with Gasteiger partial charge >= 0.3 is 12.1 Å². The van der Waals surface area contributed by atoms with Gasteiger partial charge in [-0.1, -0.05) is 6.58 Å². The molecule has 12 heavy (non-hydrogen) atoms. The van der Waals surface area contributed by atoms with Crippen LogP contribution in [0.2, 0.25) is 0 Å². The maximum Gasteiger partial charge on any atom is 0.392 e. The molecular weight excluding hydrogens is 162 g/mol. The zero-order chi connectivity index (χ0) is 8.97. The summed E-state index contributed by atoms with van der Waals surface area (Å²) in [7, 11) is 0. The van der Waals surface area contributed by atoms with E-state index in [1.54, 1.807) is 0 Å². The molecule has 1 heterocycles. The smallest absolute Gasteiger partial charge is 0.392 e. The van der Waals surface area contributed by atoms with Crippen LogP contribution in [0.5, 0.6) is 0 Å². The van der Waals surface area contributed by atoms with Gasteiger partial charge in [0.2, 0.25) is 0 Å². The van der Waals surface area contributed by atoms with E-state index in [0.717, 1.165) is 6.08 Å². The molecule has 0 saturated heterocycles. The van der Waals surface area contributed by atoms with Gasteiger partial charge in [-0.15, -0.1) is 0 Å². The molecule has 1 aliphatic heterocycles. The second-order valence-corrected chi connectivity index (χ2v) is 2.02. The largest absolute Gasteiger partial charge is 0.437 e. The van der Waals surface area contributed by atoms with Crippen molar-refractivity contribution in [1.29, 1.82) is 0 Å². The third-order valence-electron chi connectivity index (χ3n) is 1.16. The SMILES string of the molecule is C=CC(=O)OC1=NCC(C=O)O1. The Morgan fingerprint density at radius 2 is 2.58 bits per heavy atom. The summed E-state index contributed by atoms with van der Waals surface area (Å²) in [5.74, 6) is -0.653. The van der Waals surface area contributed by atoms with Crippen LogP contribution in [0.3, 0.4) is 0 Å². The number of esters is 1. The summed E-state index contributed by atoms with van der Waals surface area (Å²) in [6, 6.07) is 0. The Kier molecular flexibility index (Phi) is 2.57. The summed E-state index contributed by atoms with van der Waals surface area (Å²) in [5, 5.41) is 0. The molecule has 0 aromatic rings. The molecular formula is C7H7NO4. The van der Waals surface area contributed by atoms with Crippen LogP contribution in [0, 0.1) is 0 Å². The highest BCUT2D eigenvalue weighted by molar-refractivity contribution is 5.91. The lowest BCUT2D eigenvalue weighted by molar-refractivity contribution is -0.132. The number of rotatable bonds is 2. The second-order valence-electron chi connectivity index (χ2n) is 2.02. The van der Waals surface area contributed by atoms with Crippen LogP contribution in [0.1, 0.15) is 0 Å². The number of hydrogen-bond donors (Lipinski definition) is 0. The summed E-state index contributed by atoms with van der Waals surface area (Å²) >= 11 is 0.